The van der Waals surface area contributed by atoms with Crippen molar-refractivity contribution < 1.29 is 9.47 Å². The third-order valence-electron chi connectivity index (χ3n) is 2.83. The molecule has 0 aliphatic heterocycles. The Balaban J connectivity index is 1.93. The lowest BCUT2D eigenvalue weighted by Gasteiger charge is -2.10. The van der Waals surface area contributed by atoms with E-state index < -0.39 is 0 Å². The molecule has 0 aliphatic carbocycles. The summed E-state index contributed by atoms with van der Waals surface area (Å²) in [6.07, 6.45) is 1.67. The number of para-hydroxylation sites is 2. The molecule has 0 aromatic heterocycles. The van der Waals surface area contributed by atoms with Gasteiger partial charge in [-0.1, -0.05) is 24.3 Å². The van der Waals surface area contributed by atoms with Gasteiger partial charge in [-0.05, 0) is 42.0 Å². The molecule has 0 atom stereocenters. The van der Waals surface area contributed by atoms with E-state index in [0.717, 1.165) is 17.0 Å². The van der Waals surface area contributed by atoms with Crippen molar-refractivity contribution in [3.8, 4) is 11.5 Å². The number of hydrogen-bond acceptors (Lipinski definition) is 4. The van der Waals surface area contributed by atoms with Crippen molar-refractivity contribution in [2.45, 2.75) is 0 Å². The molecule has 0 spiro atoms. The van der Waals surface area contributed by atoms with Gasteiger partial charge in [-0.2, -0.15) is 5.10 Å². The molecule has 0 fully saturated rings. The summed E-state index contributed by atoms with van der Waals surface area (Å²) < 4.78 is 10.4. The first kappa shape index (κ1) is 15.8. The monoisotopic (exact) mass is 315 g/mol. The number of anilines is 1. The number of hydrogen-bond donors (Lipinski definition) is 2. The van der Waals surface area contributed by atoms with Gasteiger partial charge in [0.1, 0.15) is 11.5 Å². The van der Waals surface area contributed by atoms with Crippen molar-refractivity contribution in [3.05, 3.63) is 54.1 Å². The second-order valence-electron chi connectivity index (χ2n) is 4.30. The van der Waals surface area contributed by atoms with Gasteiger partial charge >= 0.3 is 0 Å². The van der Waals surface area contributed by atoms with Crippen LogP contribution in [0.1, 0.15) is 5.56 Å². The highest BCUT2D eigenvalue weighted by Crippen LogP contribution is 2.22. The lowest BCUT2D eigenvalue weighted by Crippen LogP contribution is -2.24. The van der Waals surface area contributed by atoms with Gasteiger partial charge in [-0.3, -0.25) is 5.43 Å². The Hall–Kier alpha value is -2.60. The highest BCUT2D eigenvalue weighted by molar-refractivity contribution is 7.80. The second-order valence-corrected chi connectivity index (χ2v) is 4.71. The summed E-state index contributed by atoms with van der Waals surface area (Å²) in [5.74, 6) is 1.49. The fourth-order valence-corrected chi connectivity index (χ4v) is 1.95. The lowest BCUT2D eigenvalue weighted by atomic mass is 10.2. The molecule has 114 valence electrons. The molecule has 0 saturated heterocycles. The lowest BCUT2D eigenvalue weighted by molar-refractivity contribution is 0.414. The first-order valence-electron chi connectivity index (χ1n) is 6.60. The van der Waals surface area contributed by atoms with Gasteiger partial charge < -0.3 is 14.8 Å². The zero-order valence-corrected chi connectivity index (χ0v) is 13.2. The molecule has 2 aromatic rings. The third-order valence-corrected chi connectivity index (χ3v) is 3.02. The summed E-state index contributed by atoms with van der Waals surface area (Å²) in [5.41, 5.74) is 4.45. The number of hydrazone groups is 1. The topological polar surface area (TPSA) is 54.9 Å². The van der Waals surface area contributed by atoms with E-state index in [1.54, 1.807) is 20.4 Å². The number of benzene rings is 2. The van der Waals surface area contributed by atoms with Crippen LogP contribution in [0.15, 0.2) is 53.6 Å². The smallest absolute Gasteiger partial charge is 0.191 e. The number of methoxy groups -OCH3 is 2. The minimum absolute atomic E-state index is 0.378. The maximum Gasteiger partial charge on any atom is 0.191 e. The van der Waals surface area contributed by atoms with Crippen molar-refractivity contribution in [3.63, 3.8) is 0 Å². The molecule has 0 heterocycles. The minimum atomic E-state index is 0.378. The van der Waals surface area contributed by atoms with Crippen LogP contribution in [-0.4, -0.2) is 25.5 Å². The van der Waals surface area contributed by atoms with Crippen molar-refractivity contribution in [2.75, 3.05) is 19.5 Å². The highest BCUT2D eigenvalue weighted by atomic mass is 32.1. The second kappa shape index (κ2) is 7.99. The molecule has 2 rings (SSSR count). The summed E-state index contributed by atoms with van der Waals surface area (Å²) in [4.78, 5) is 0. The summed E-state index contributed by atoms with van der Waals surface area (Å²) in [6, 6.07) is 15.1. The first-order valence-corrected chi connectivity index (χ1v) is 7.01. The fourth-order valence-electron chi connectivity index (χ4n) is 1.79. The van der Waals surface area contributed by atoms with E-state index in [1.165, 1.54) is 0 Å². The Kier molecular flexibility index (Phi) is 5.73. The zero-order chi connectivity index (χ0) is 15.8. The molecular formula is C16H17N3O2S. The summed E-state index contributed by atoms with van der Waals surface area (Å²) in [7, 11) is 3.23. The van der Waals surface area contributed by atoms with Crippen LogP contribution in [0.5, 0.6) is 11.5 Å². The molecule has 0 radical (unpaired) electrons. The number of rotatable bonds is 5. The van der Waals surface area contributed by atoms with Crippen LogP contribution in [0.2, 0.25) is 0 Å². The van der Waals surface area contributed by atoms with Gasteiger partial charge in [-0.15, -0.1) is 0 Å². The Morgan fingerprint density at radius 2 is 1.91 bits per heavy atom. The quantitative estimate of drug-likeness (QED) is 0.505. The number of thiocarbonyl (C=S) groups is 1. The van der Waals surface area contributed by atoms with Gasteiger partial charge in [0, 0.05) is 0 Å². The molecule has 0 aliphatic rings. The molecular weight excluding hydrogens is 298 g/mol. The number of nitrogens with one attached hydrogen (secondary N) is 2. The molecule has 2 N–H and O–H groups in total. The Morgan fingerprint density at radius 3 is 2.68 bits per heavy atom. The van der Waals surface area contributed by atoms with Gasteiger partial charge in [0.15, 0.2) is 5.11 Å². The van der Waals surface area contributed by atoms with E-state index in [2.05, 4.69) is 15.8 Å². The minimum Gasteiger partial charge on any atom is -0.497 e. The molecule has 0 bridgehead atoms. The van der Waals surface area contributed by atoms with Crippen molar-refractivity contribution >= 4 is 29.2 Å². The van der Waals surface area contributed by atoms with Gasteiger partial charge in [0.2, 0.25) is 0 Å². The maximum atomic E-state index is 5.24. The molecule has 0 saturated carbocycles. The first-order chi connectivity index (χ1) is 10.7. The summed E-state index contributed by atoms with van der Waals surface area (Å²) in [6.45, 7) is 0. The van der Waals surface area contributed by atoms with E-state index in [0.29, 0.717) is 10.9 Å². The maximum absolute atomic E-state index is 5.24. The third kappa shape index (κ3) is 4.46. The van der Waals surface area contributed by atoms with Crippen LogP contribution in [-0.2, 0) is 0 Å². The molecule has 0 unspecified atom stereocenters. The molecule has 6 heteroatoms. The number of ether oxygens (including phenoxy) is 2. The van der Waals surface area contributed by atoms with Gasteiger partial charge in [0.25, 0.3) is 0 Å². The van der Waals surface area contributed by atoms with Crippen LogP contribution in [0.25, 0.3) is 0 Å². The Labute approximate surface area is 134 Å². The Morgan fingerprint density at radius 1 is 1.09 bits per heavy atom. The van der Waals surface area contributed by atoms with E-state index >= 15 is 0 Å². The van der Waals surface area contributed by atoms with Crippen LogP contribution >= 0.6 is 12.2 Å². The van der Waals surface area contributed by atoms with Crippen LogP contribution in [0.4, 0.5) is 5.69 Å². The number of nitrogens with zero attached hydrogens (tertiary/aromatic N) is 1. The Bertz CT molecular complexity index is 674. The van der Waals surface area contributed by atoms with E-state index in [-0.39, 0.29) is 0 Å². The summed E-state index contributed by atoms with van der Waals surface area (Å²) in [5, 5.41) is 7.50. The normalized spacial score (nSPS) is 10.3. The SMILES string of the molecule is COc1cccc(/C=N\NC(=S)Nc2ccccc2OC)c1. The average Bonchev–Trinajstić information content (AvgIpc) is 2.55. The van der Waals surface area contributed by atoms with Gasteiger partial charge in [-0.25, -0.2) is 0 Å². The van der Waals surface area contributed by atoms with Gasteiger partial charge in [0.05, 0.1) is 26.1 Å². The molecule has 2 aromatic carbocycles. The van der Waals surface area contributed by atoms with Crippen molar-refractivity contribution in [1.82, 2.24) is 5.43 Å². The largest absolute Gasteiger partial charge is 0.497 e. The predicted octanol–water partition coefficient (Wildman–Crippen LogP) is 3.02. The van der Waals surface area contributed by atoms with E-state index in [4.69, 9.17) is 21.7 Å². The average molecular weight is 315 g/mol. The molecule has 0 amide bonds. The van der Waals surface area contributed by atoms with Crippen LogP contribution < -0.4 is 20.2 Å². The van der Waals surface area contributed by atoms with Crippen molar-refractivity contribution in [1.29, 1.82) is 0 Å². The molecule has 5 nitrogen and oxygen atoms in total. The zero-order valence-electron chi connectivity index (χ0n) is 12.4. The highest BCUT2D eigenvalue weighted by Gasteiger charge is 2.02. The van der Waals surface area contributed by atoms with Crippen LogP contribution in [0.3, 0.4) is 0 Å². The predicted molar refractivity (Wildman–Crippen MR) is 92.9 cm³/mol. The summed E-state index contributed by atoms with van der Waals surface area (Å²) >= 11 is 5.19. The van der Waals surface area contributed by atoms with Crippen LogP contribution in [0, 0.1) is 0 Å². The van der Waals surface area contributed by atoms with Crippen molar-refractivity contribution in [2.24, 2.45) is 5.10 Å². The fraction of sp³-hybridized carbons (Fsp3) is 0.125. The standard InChI is InChI=1S/C16H17N3O2S/c1-20-13-7-5-6-12(10-13)11-17-19-16(22)18-14-8-3-4-9-15(14)21-2/h3-11H,1-2H3,(H2,18,19,22)/b17-11-. The molecule has 22 heavy (non-hydrogen) atoms. The van der Waals surface area contributed by atoms with E-state index in [9.17, 15) is 0 Å². The van der Waals surface area contributed by atoms with E-state index in [1.807, 2.05) is 48.5 Å².